The van der Waals surface area contributed by atoms with Crippen LogP contribution in [0.2, 0.25) is 0 Å². The van der Waals surface area contributed by atoms with E-state index in [1.807, 2.05) is 54.6 Å². The van der Waals surface area contributed by atoms with Gasteiger partial charge in [0.25, 0.3) is 0 Å². The highest BCUT2D eigenvalue weighted by atomic mass is 35.5. The second-order valence-electron chi connectivity index (χ2n) is 6.68. The van der Waals surface area contributed by atoms with Gasteiger partial charge in [-0.3, -0.25) is 4.79 Å². The molecule has 1 amide bonds. The molecule has 1 aliphatic rings. The van der Waals surface area contributed by atoms with Gasteiger partial charge in [-0.05, 0) is 44.0 Å². The predicted molar refractivity (Wildman–Crippen MR) is 108 cm³/mol. The fraction of sp³-hybridized carbons (Fsp3) is 0.381. The molecule has 1 N–H and O–H groups in total. The summed E-state index contributed by atoms with van der Waals surface area (Å²) in [5.41, 5.74) is 1.97. The van der Waals surface area contributed by atoms with Crippen LogP contribution >= 0.6 is 12.4 Å². The average Bonchev–Trinajstić information content (AvgIpc) is 2.63. The van der Waals surface area contributed by atoms with E-state index in [9.17, 15) is 4.79 Å². The Hall–Kier alpha value is -2.04. The van der Waals surface area contributed by atoms with Crippen LogP contribution in [0.3, 0.4) is 0 Å². The van der Waals surface area contributed by atoms with Gasteiger partial charge in [-0.1, -0.05) is 36.4 Å². The van der Waals surface area contributed by atoms with Crippen molar-refractivity contribution in [2.24, 2.45) is 0 Å². The molecule has 0 bridgehead atoms. The molecule has 0 aliphatic carbocycles. The lowest BCUT2D eigenvalue weighted by molar-refractivity contribution is -0.116. The zero-order chi connectivity index (χ0) is 17.5. The number of hydrogen-bond acceptors (Lipinski definition) is 3. The third-order valence-electron chi connectivity index (χ3n) is 4.57. The van der Waals surface area contributed by atoms with Gasteiger partial charge < -0.3 is 15.0 Å². The summed E-state index contributed by atoms with van der Waals surface area (Å²) in [6, 6.07) is 17.8. The van der Waals surface area contributed by atoms with E-state index in [1.165, 1.54) is 5.56 Å². The molecule has 1 heterocycles. The zero-order valence-electron chi connectivity index (χ0n) is 15.2. The first kappa shape index (κ1) is 20.3. The van der Waals surface area contributed by atoms with Gasteiger partial charge in [0.2, 0.25) is 5.91 Å². The Morgan fingerprint density at radius 1 is 1.12 bits per heavy atom. The maximum absolute atomic E-state index is 12.2. The lowest BCUT2D eigenvalue weighted by Crippen LogP contribution is -2.35. The number of carbonyl (C=O) groups excluding carboxylic acids is 1. The molecule has 0 spiro atoms. The van der Waals surface area contributed by atoms with Crippen molar-refractivity contribution in [3.8, 4) is 5.75 Å². The first-order chi connectivity index (χ1) is 12.2. The molecule has 0 aromatic heterocycles. The average molecular weight is 375 g/mol. The van der Waals surface area contributed by atoms with Gasteiger partial charge in [-0.15, -0.1) is 12.4 Å². The maximum atomic E-state index is 12.2. The lowest BCUT2D eigenvalue weighted by atomic mass is 10.1. The summed E-state index contributed by atoms with van der Waals surface area (Å²) in [6.07, 6.45) is 3.58. The third-order valence-corrected chi connectivity index (χ3v) is 4.57. The lowest BCUT2D eigenvalue weighted by Gasteiger charge is -2.29. The molecule has 0 unspecified atom stereocenters. The standard InChI is InChI=1S/C21H26N2O2.ClH/c1-23-14-12-19(13-15-23)25-20-9-5-8-18(16-20)22-21(24)11-10-17-6-3-2-4-7-17;/h2-9,16,19H,10-15H2,1H3,(H,22,24);1H. The Bertz CT molecular complexity index is 685. The number of ether oxygens (including phenoxy) is 1. The van der Waals surface area contributed by atoms with Gasteiger partial charge in [0.1, 0.15) is 11.9 Å². The van der Waals surface area contributed by atoms with Crippen molar-refractivity contribution in [3.63, 3.8) is 0 Å². The number of piperidine rings is 1. The molecule has 4 nitrogen and oxygen atoms in total. The first-order valence-corrected chi connectivity index (χ1v) is 8.98. The first-order valence-electron chi connectivity index (χ1n) is 8.98. The molecule has 26 heavy (non-hydrogen) atoms. The minimum absolute atomic E-state index is 0. The van der Waals surface area contributed by atoms with E-state index < -0.39 is 0 Å². The number of likely N-dealkylation sites (tertiary alicyclic amines) is 1. The zero-order valence-corrected chi connectivity index (χ0v) is 16.0. The second-order valence-corrected chi connectivity index (χ2v) is 6.68. The van der Waals surface area contributed by atoms with Gasteiger partial charge in [0, 0.05) is 31.3 Å². The van der Waals surface area contributed by atoms with E-state index in [0.717, 1.165) is 43.8 Å². The smallest absolute Gasteiger partial charge is 0.224 e. The second kappa shape index (κ2) is 10.2. The quantitative estimate of drug-likeness (QED) is 0.825. The van der Waals surface area contributed by atoms with Crippen molar-refractivity contribution >= 4 is 24.0 Å². The number of rotatable bonds is 6. The van der Waals surface area contributed by atoms with Gasteiger partial charge in [-0.25, -0.2) is 0 Å². The number of benzene rings is 2. The molecule has 0 atom stereocenters. The van der Waals surface area contributed by atoms with Crippen molar-refractivity contribution in [1.29, 1.82) is 0 Å². The summed E-state index contributed by atoms with van der Waals surface area (Å²) in [7, 11) is 2.14. The summed E-state index contributed by atoms with van der Waals surface area (Å²) in [6.45, 7) is 2.14. The molecule has 1 saturated heterocycles. The molecule has 2 aromatic rings. The van der Waals surface area contributed by atoms with Crippen molar-refractivity contribution in [1.82, 2.24) is 4.90 Å². The number of amides is 1. The van der Waals surface area contributed by atoms with Crippen LogP contribution in [0.1, 0.15) is 24.8 Å². The summed E-state index contributed by atoms with van der Waals surface area (Å²) < 4.78 is 6.08. The number of nitrogens with zero attached hydrogens (tertiary/aromatic N) is 1. The highest BCUT2D eigenvalue weighted by Crippen LogP contribution is 2.22. The maximum Gasteiger partial charge on any atom is 0.224 e. The van der Waals surface area contributed by atoms with E-state index >= 15 is 0 Å². The largest absolute Gasteiger partial charge is 0.490 e. The van der Waals surface area contributed by atoms with E-state index in [4.69, 9.17) is 4.74 Å². The number of halogens is 1. The predicted octanol–water partition coefficient (Wildman–Crippen LogP) is 4.15. The molecule has 140 valence electrons. The number of nitrogens with one attached hydrogen (secondary N) is 1. The van der Waals surface area contributed by atoms with Crippen molar-refractivity contribution < 1.29 is 9.53 Å². The monoisotopic (exact) mass is 374 g/mol. The third kappa shape index (κ3) is 6.36. The molecule has 2 aromatic carbocycles. The van der Waals surface area contributed by atoms with Crippen LogP contribution in [0, 0.1) is 0 Å². The van der Waals surface area contributed by atoms with Crippen molar-refractivity contribution in [2.45, 2.75) is 31.8 Å². The minimum atomic E-state index is 0. The van der Waals surface area contributed by atoms with E-state index in [0.29, 0.717) is 6.42 Å². The highest BCUT2D eigenvalue weighted by molar-refractivity contribution is 5.91. The summed E-state index contributed by atoms with van der Waals surface area (Å²) >= 11 is 0. The van der Waals surface area contributed by atoms with Crippen LogP contribution in [-0.2, 0) is 11.2 Å². The Balaban J connectivity index is 0.00000243. The van der Waals surface area contributed by atoms with Crippen molar-refractivity contribution in [2.75, 3.05) is 25.5 Å². The highest BCUT2D eigenvalue weighted by Gasteiger charge is 2.18. The normalized spacial score (nSPS) is 15.1. The molecular formula is C21H27ClN2O2. The van der Waals surface area contributed by atoms with E-state index in [-0.39, 0.29) is 24.4 Å². The van der Waals surface area contributed by atoms with Crippen LogP contribution in [0.15, 0.2) is 54.6 Å². The fourth-order valence-electron chi connectivity index (χ4n) is 3.07. The molecule has 3 rings (SSSR count). The molecule has 0 radical (unpaired) electrons. The Morgan fingerprint density at radius 3 is 2.58 bits per heavy atom. The molecule has 0 saturated carbocycles. The van der Waals surface area contributed by atoms with Crippen LogP contribution in [0.5, 0.6) is 5.75 Å². The Kier molecular flexibility index (Phi) is 7.95. The summed E-state index contributed by atoms with van der Waals surface area (Å²) in [5, 5.41) is 2.97. The summed E-state index contributed by atoms with van der Waals surface area (Å²) in [4.78, 5) is 14.5. The fourth-order valence-corrected chi connectivity index (χ4v) is 3.07. The van der Waals surface area contributed by atoms with Crippen LogP contribution in [0.4, 0.5) is 5.69 Å². The number of carbonyl (C=O) groups is 1. The van der Waals surface area contributed by atoms with Crippen LogP contribution in [0.25, 0.3) is 0 Å². The Labute approximate surface area is 162 Å². The number of aryl methyl sites for hydroxylation is 1. The SMILES string of the molecule is CN1CCC(Oc2cccc(NC(=O)CCc3ccccc3)c2)CC1.Cl. The topological polar surface area (TPSA) is 41.6 Å². The molecular weight excluding hydrogens is 348 g/mol. The van der Waals surface area contributed by atoms with Crippen molar-refractivity contribution in [3.05, 3.63) is 60.2 Å². The van der Waals surface area contributed by atoms with Crippen LogP contribution in [-0.4, -0.2) is 37.0 Å². The van der Waals surface area contributed by atoms with Crippen LogP contribution < -0.4 is 10.1 Å². The summed E-state index contributed by atoms with van der Waals surface area (Å²) in [5.74, 6) is 0.857. The van der Waals surface area contributed by atoms with E-state index in [1.54, 1.807) is 0 Å². The Morgan fingerprint density at radius 2 is 1.85 bits per heavy atom. The number of hydrogen-bond donors (Lipinski definition) is 1. The van der Waals surface area contributed by atoms with E-state index in [2.05, 4.69) is 17.3 Å². The molecule has 1 aliphatic heterocycles. The molecule has 5 heteroatoms. The van der Waals surface area contributed by atoms with Gasteiger partial charge in [0.15, 0.2) is 0 Å². The minimum Gasteiger partial charge on any atom is -0.490 e. The van der Waals surface area contributed by atoms with Gasteiger partial charge in [0.05, 0.1) is 0 Å². The van der Waals surface area contributed by atoms with Gasteiger partial charge in [-0.2, -0.15) is 0 Å². The van der Waals surface area contributed by atoms with Gasteiger partial charge >= 0.3 is 0 Å². The molecule has 1 fully saturated rings. The number of anilines is 1.